The van der Waals surface area contributed by atoms with Gasteiger partial charge in [0.2, 0.25) is 21.7 Å². The minimum atomic E-state index is -3.77. The van der Waals surface area contributed by atoms with E-state index in [0.717, 1.165) is 16.9 Å². The number of nitrogens with zero attached hydrogens (tertiary/aromatic N) is 3. The molecule has 1 aromatic heterocycles. The molecule has 4 aromatic rings. The van der Waals surface area contributed by atoms with Gasteiger partial charge in [0.15, 0.2) is 0 Å². The fourth-order valence-corrected chi connectivity index (χ4v) is 4.48. The van der Waals surface area contributed by atoms with Crippen LogP contribution in [0, 0.1) is 0 Å². The van der Waals surface area contributed by atoms with E-state index in [1.807, 2.05) is 42.5 Å². The highest BCUT2D eigenvalue weighted by Gasteiger charge is 2.27. The number of sulfonamides is 1. The molecule has 0 saturated heterocycles. The normalized spacial score (nSPS) is 11.5. The monoisotopic (exact) mass is 435 g/mol. The summed E-state index contributed by atoms with van der Waals surface area (Å²) in [5.41, 5.74) is 1.60. The van der Waals surface area contributed by atoms with Crippen LogP contribution in [-0.2, 0) is 23.1 Å². The number of hydrogen-bond acceptors (Lipinski definition) is 6. The van der Waals surface area contributed by atoms with Crippen LogP contribution >= 0.6 is 0 Å². The zero-order valence-electron chi connectivity index (χ0n) is 16.9. The van der Waals surface area contributed by atoms with Crippen LogP contribution < -0.4 is 4.74 Å². The van der Waals surface area contributed by atoms with Crippen molar-refractivity contribution in [2.75, 3.05) is 7.11 Å². The van der Waals surface area contributed by atoms with E-state index < -0.39 is 10.0 Å². The highest BCUT2D eigenvalue weighted by atomic mass is 32.2. The average molecular weight is 436 g/mol. The van der Waals surface area contributed by atoms with Gasteiger partial charge in [0.1, 0.15) is 5.75 Å². The Morgan fingerprint density at radius 1 is 0.871 bits per heavy atom. The Morgan fingerprint density at radius 3 is 2.16 bits per heavy atom. The van der Waals surface area contributed by atoms with E-state index in [1.54, 1.807) is 49.6 Å². The smallest absolute Gasteiger partial charge is 0.243 e. The Morgan fingerprint density at radius 2 is 1.52 bits per heavy atom. The molecule has 7 nitrogen and oxygen atoms in total. The van der Waals surface area contributed by atoms with Crippen molar-refractivity contribution in [1.29, 1.82) is 0 Å². The van der Waals surface area contributed by atoms with Crippen LogP contribution in [0.5, 0.6) is 5.75 Å². The zero-order chi connectivity index (χ0) is 21.7. The lowest BCUT2D eigenvalue weighted by atomic mass is 10.2. The van der Waals surface area contributed by atoms with Gasteiger partial charge < -0.3 is 9.26 Å². The van der Waals surface area contributed by atoms with Gasteiger partial charge in [-0.1, -0.05) is 53.7 Å². The molecule has 0 bridgehead atoms. The van der Waals surface area contributed by atoms with Crippen molar-refractivity contribution >= 4 is 10.0 Å². The first kappa shape index (κ1) is 20.8. The third-order valence-corrected chi connectivity index (χ3v) is 6.52. The number of rotatable bonds is 8. The molecule has 1 heterocycles. The first-order valence-electron chi connectivity index (χ1n) is 9.62. The van der Waals surface area contributed by atoms with Gasteiger partial charge in [-0.3, -0.25) is 0 Å². The van der Waals surface area contributed by atoms with Gasteiger partial charge in [0.25, 0.3) is 0 Å². The molecule has 4 rings (SSSR count). The zero-order valence-corrected chi connectivity index (χ0v) is 17.7. The maximum atomic E-state index is 13.3. The van der Waals surface area contributed by atoms with Crippen LogP contribution in [0.3, 0.4) is 0 Å². The van der Waals surface area contributed by atoms with Gasteiger partial charge in [0.05, 0.1) is 18.6 Å². The second-order valence-electron chi connectivity index (χ2n) is 6.81. The summed E-state index contributed by atoms with van der Waals surface area (Å²) >= 11 is 0. The number of ether oxygens (including phenoxy) is 1. The Bertz CT molecular complexity index is 1220. The molecule has 0 fully saturated rings. The van der Waals surface area contributed by atoms with Crippen molar-refractivity contribution in [3.63, 3.8) is 0 Å². The molecule has 0 aliphatic heterocycles. The molecular formula is C23H21N3O4S. The molecule has 31 heavy (non-hydrogen) atoms. The van der Waals surface area contributed by atoms with E-state index in [9.17, 15) is 8.42 Å². The fraction of sp³-hybridized carbons (Fsp3) is 0.130. The van der Waals surface area contributed by atoms with Crippen LogP contribution in [0.1, 0.15) is 11.5 Å². The molecule has 0 unspecified atom stereocenters. The predicted octanol–water partition coefficient (Wildman–Crippen LogP) is 4.14. The summed E-state index contributed by atoms with van der Waals surface area (Å²) in [5, 5.41) is 4.01. The summed E-state index contributed by atoms with van der Waals surface area (Å²) in [6, 6.07) is 24.9. The number of methoxy groups -OCH3 is 1. The highest BCUT2D eigenvalue weighted by molar-refractivity contribution is 7.89. The van der Waals surface area contributed by atoms with Gasteiger partial charge in [0, 0.05) is 12.1 Å². The molecule has 0 aliphatic rings. The van der Waals surface area contributed by atoms with Crippen molar-refractivity contribution in [3.8, 4) is 17.1 Å². The summed E-state index contributed by atoms with van der Waals surface area (Å²) in [6.45, 7) is 0.133. The molecule has 0 N–H and O–H groups in total. The molecule has 0 aliphatic carbocycles. The third-order valence-electron chi connectivity index (χ3n) is 4.71. The summed E-state index contributed by atoms with van der Waals surface area (Å²) in [6.07, 6.45) is 0. The van der Waals surface area contributed by atoms with E-state index in [4.69, 9.17) is 9.26 Å². The lowest BCUT2D eigenvalue weighted by molar-refractivity contribution is 0.312. The third kappa shape index (κ3) is 4.82. The first-order valence-corrected chi connectivity index (χ1v) is 11.1. The van der Waals surface area contributed by atoms with E-state index in [1.165, 1.54) is 4.31 Å². The largest absolute Gasteiger partial charge is 0.497 e. The van der Waals surface area contributed by atoms with Crippen LogP contribution in [0.2, 0.25) is 0 Å². The van der Waals surface area contributed by atoms with E-state index >= 15 is 0 Å². The second kappa shape index (κ2) is 9.11. The minimum absolute atomic E-state index is 0.0464. The minimum Gasteiger partial charge on any atom is -0.497 e. The Labute approximate surface area is 181 Å². The maximum absolute atomic E-state index is 13.3. The average Bonchev–Trinajstić information content (AvgIpc) is 3.28. The van der Waals surface area contributed by atoms with Crippen LogP contribution in [0.4, 0.5) is 0 Å². The van der Waals surface area contributed by atoms with Crippen molar-refractivity contribution in [1.82, 2.24) is 14.4 Å². The molecular weight excluding hydrogens is 414 g/mol. The highest BCUT2D eigenvalue weighted by Crippen LogP contribution is 2.23. The predicted molar refractivity (Wildman–Crippen MR) is 116 cm³/mol. The maximum Gasteiger partial charge on any atom is 0.243 e. The SMILES string of the molecule is COc1ccc(-c2noc(CN(Cc3ccccc3)S(=O)(=O)c3ccccc3)n2)cc1. The van der Waals surface area contributed by atoms with Gasteiger partial charge in [-0.2, -0.15) is 9.29 Å². The molecule has 0 atom stereocenters. The Kier molecular flexibility index (Phi) is 6.11. The summed E-state index contributed by atoms with van der Waals surface area (Å²) in [4.78, 5) is 4.61. The molecule has 158 valence electrons. The lowest BCUT2D eigenvalue weighted by Crippen LogP contribution is -2.30. The van der Waals surface area contributed by atoms with Crippen molar-refractivity contribution < 1.29 is 17.7 Å². The molecule has 0 radical (unpaired) electrons. The molecule has 8 heteroatoms. The van der Waals surface area contributed by atoms with Gasteiger partial charge in [-0.25, -0.2) is 8.42 Å². The van der Waals surface area contributed by atoms with E-state index in [-0.39, 0.29) is 23.9 Å². The van der Waals surface area contributed by atoms with Crippen molar-refractivity contribution in [3.05, 3.63) is 96.4 Å². The van der Waals surface area contributed by atoms with Crippen LogP contribution in [-0.4, -0.2) is 30.0 Å². The summed E-state index contributed by atoms with van der Waals surface area (Å²) in [5.74, 6) is 1.31. The summed E-state index contributed by atoms with van der Waals surface area (Å²) in [7, 11) is -2.18. The molecule has 0 amide bonds. The number of benzene rings is 3. The Balaban J connectivity index is 1.62. The lowest BCUT2D eigenvalue weighted by Gasteiger charge is -2.20. The molecule has 0 spiro atoms. The molecule has 3 aromatic carbocycles. The van der Waals surface area contributed by atoms with Gasteiger partial charge in [-0.05, 0) is 42.0 Å². The van der Waals surface area contributed by atoms with Crippen molar-refractivity contribution in [2.45, 2.75) is 18.0 Å². The second-order valence-corrected chi connectivity index (χ2v) is 8.75. The number of aromatic nitrogens is 2. The standard InChI is InChI=1S/C23H21N3O4S/c1-29-20-14-12-19(13-15-20)23-24-22(30-25-23)17-26(16-18-8-4-2-5-9-18)31(27,28)21-10-6-3-7-11-21/h2-15H,16-17H2,1H3. The first-order chi connectivity index (χ1) is 15.1. The van der Waals surface area contributed by atoms with Gasteiger partial charge in [-0.15, -0.1) is 0 Å². The fourth-order valence-electron chi connectivity index (χ4n) is 3.08. The molecule has 0 saturated carbocycles. The van der Waals surface area contributed by atoms with Gasteiger partial charge >= 0.3 is 0 Å². The quantitative estimate of drug-likeness (QED) is 0.414. The Hall–Kier alpha value is -3.49. The van der Waals surface area contributed by atoms with Crippen LogP contribution in [0.15, 0.2) is 94.3 Å². The van der Waals surface area contributed by atoms with E-state index in [2.05, 4.69) is 10.1 Å². The topological polar surface area (TPSA) is 85.5 Å². The summed E-state index contributed by atoms with van der Waals surface area (Å²) < 4.78 is 38.5. The van der Waals surface area contributed by atoms with Crippen LogP contribution in [0.25, 0.3) is 11.4 Å². The van der Waals surface area contributed by atoms with E-state index in [0.29, 0.717) is 5.82 Å². The number of hydrogen-bond donors (Lipinski definition) is 0. The van der Waals surface area contributed by atoms with Crippen molar-refractivity contribution in [2.24, 2.45) is 0 Å².